The Morgan fingerprint density at radius 3 is 1.54 bits per heavy atom. The lowest BCUT2D eigenvalue weighted by Gasteiger charge is -2.06. The average Bonchev–Trinajstić information content (AvgIpc) is 2.60. The molecule has 0 unspecified atom stereocenters. The number of aromatic nitrogens is 1. The van der Waals surface area contributed by atoms with Gasteiger partial charge < -0.3 is 0 Å². The van der Waals surface area contributed by atoms with E-state index in [0.717, 1.165) is 0 Å². The van der Waals surface area contributed by atoms with Gasteiger partial charge in [-0.05, 0) is 38.2 Å². The van der Waals surface area contributed by atoms with Crippen molar-refractivity contribution in [2.45, 2.75) is 117 Å². The number of aryl methyl sites for hydroxylation is 3. The van der Waals surface area contributed by atoms with E-state index >= 15 is 0 Å². The van der Waals surface area contributed by atoms with Gasteiger partial charge in [0.1, 0.15) is 6.54 Å². The predicted octanol–water partition coefficient (Wildman–Crippen LogP) is 6.80. The van der Waals surface area contributed by atoms with Crippen LogP contribution >= 0.6 is 0 Å². The minimum absolute atomic E-state index is 1.20. The zero-order valence-electron chi connectivity index (χ0n) is 16.8. The largest absolute Gasteiger partial charge is 0.205 e. The lowest BCUT2D eigenvalue weighted by molar-refractivity contribution is -0.698. The van der Waals surface area contributed by atoms with Crippen molar-refractivity contribution < 1.29 is 4.57 Å². The van der Waals surface area contributed by atoms with Crippen LogP contribution < -0.4 is 4.57 Å². The molecule has 138 valence electrons. The van der Waals surface area contributed by atoms with Gasteiger partial charge >= 0.3 is 0 Å². The SMILES string of the molecule is CCCCCCCCCC[n+]1cc(CCCC)cc(CCCC)c1. The van der Waals surface area contributed by atoms with Crippen LogP contribution in [0, 0.1) is 0 Å². The van der Waals surface area contributed by atoms with E-state index in [4.69, 9.17) is 0 Å². The second-order valence-corrected chi connectivity index (χ2v) is 7.47. The first-order valence-electron chi connectivity index (χ1n) is 10.8. The first-order chi connectivity index (χ1) is 11.8. The van der Waals surface area contributed by atoms with Gasteiger partial charge in [-0.25, -0.2) is 4.57 Å². The van der Waals surface area contributed by atoms with Crippen molar-refractivity contribution in [2.75, 3.05) is 0 Å². The van der Waals surface area contributed by atoms with Gasteiger partial charge in [0, 0.05) is 17.5 Å². The summed E-state index contributed by atoms with van der Waals surface area (Å²) in [5, 5.41) is 0. The minimum atomic E-state index is 1.20. The Balaban J connectivity index is 2.38. The molecule has 0 radical (unpaired) electrons. The highest BCUT2D eigenvalue weighted by Gasteiger charge is 2.07. The first-order valence-corrected chi connectivity index (χ1v) is 10.8. The topological polar surface area (TPSA) is 3.88 Å². The fraction of sp³-hybridized carbons (Fsp3) is 0.783. The van der Waals surface area contributed by atoms with Crippen LogP contribution in [0.2, 0.25) is 0 Å². The molecule has 0 amide bonds. The van der Waals surface area contributed by atoms with Crippen LogP contribution in [0.25, 0.3) is 0 Å². The lowest BCUT2D eigenvalue weighted by Crippen LogP contribution is -2.34. The number of unbranched alkanes of at least 4 members (excludes halogenated alkanes) is 9. The summed E-state index contributed by atoms with van der Waals surface area (Å²) in [6, 6.07) is 2.45. The van der Waals surface area contributed by atoms with Gasteiger partial charge in [0.25, 0.3) is 0 Å². The van der Waals surface area contributed by atoms with Crippen LogP contribution in [0.4, 0.5) is 0 Å². The van der Waals surface area contributed by atoms with Crippen LogP contribution in [0.15, 0.2) is 18.5 Å². The standard InChI is InChI=1S/C23H42N/c1-4-7-10-11-12-13-14-15-18-24-20-22(16-8-5-2)19-23(21-24)17-9-6-3/h19-21H,4-18H2,1-3H3/q+1. The highest BCUT2D eigenvalue weighted by molar-refractivity contribution is 5.15. The summed E-state index contributed by atoms with van der Waals surface area (Å²) in [7, 11) is 0. The molecule has 1 aromatic rings. The summed E-state index contributed by atoms with van der Waals surface area (Å²) >= 11 is 0. The van der Waals surface area contributed by atoms with E-state index in [1.165, 1.54) is 96.4 Å². The molecule has 0 aliphatic carbocycles. The van der Waals surface area contributed by atoms with Gasteiger partial charge in [0.15, 0.2) is 12.4 Å². The Labute approximate surface area is 151 Å². The van der Waals surface area contributed by atoms with Crippen LogP contribution in [-0.4, -0.2) is 0 Å². The molecule has 0 bridgehead atoms. The van der Waals surface area contributed by atoms with Crippen molar-refractivity contribution in [1.29, 1.82) is 0 Å². The van der Waals surface area contributed by atoms with Crippen LogP contribution in [0.5, 0.6) is 0 Å². The summed E-state index contributed by atoms with van der Waals surface area (Å²) in [5.41, 5.74) is 3.09. The number of rotatable bonds is 15. The molecule has 1 rings (SSSR count). The van der Waals surface area contributed by atoms with E-state index in [9.17, 15) is 0 Å². The van der Waals surface area contributed by atoms with Crippen LogP contribution in [0.1, 0.15) is 109 Å². The van der Waals surface area contributed by atoms with E-state index in [-0.39, 0.29) is 0 Å². The lowest BCUT2D eigenvalue weighted by atomic mass is 10.0. The highest BCUT2D eigenvalue weighted by atomic mass is 14.9. The number of hydrogen-bond donors (Lipinski definition) is 0. The molecular weight excluding hydrogens is 290 g/mol. The molecule has 1 nitrogen and oxygen atoms in total. The fourth-order valence-corrected chi connectivity index (χ4v) is 3.37. The quantitative estimate of drug-likeness (QED) is 0.245. The van der Waals surface area contributed by atoms with Gasteiger partial charge in [-0.1, -0.05) is 72.1 Å². The molecule has 1 aromatic heterocycles. The van der Waals surface area contributed by atoms with Crippen LogP contribution in [-0.2, 0) is 19.4 Å². The predicted molar refractivity (Wildman–Crippen MR) is 106 cm³/mol. The van der Waals surface area contributed by atoms with E-state index in [1.54, 1.807) is 11.1 Å². The Bertz CT molecular complexity index is 384. The zero-order valence-corrected chi connectivity index (χ0v) is 16.8. The van der Waals surface area contributed by atoms with E-state index in [0.29, 0.717) is 0 Å². The molecule has 24 heavy (non-hydrogen) atoms. The van der Waals surface area contributed by atoms with Crippen molar-refractivity contribution >= 4 is 0 Å². The van der Waals surface area contributed by atoms with Crippen molar-refractivity contribution in [3.63, 3.8) is 0 Å². The maximum absolute atomic E-state index is 2.48. The molecule has 0 saturated carbocycles. The molecule has 1 heterocycles. The monoisotopic (exact) mass is 332 g/mol. The molecule has 0 aromatic carbocycles. The molecule has 0 saturated heterocycles. The molecular formula is C23H42N+. The van der Waals surface area contributed by atoms with Gasteiger partial charge in [0.05, 0.1) is 0 Å². The van der Waals surface area contributed by atoms with Crippen molar-refractivity contribution in [3.8, 4) is 0 Å². The molecule has 0 aliphatic rings. The second-order valence-electron chi connectivity index (χ2n) is 7.47. The third-order valence-corrected chi connectivity index (χ3v) is 4.94. The molecule has 0 atom stereocenters. The molecule has 0 aliphatic heterocycles. The Morgan fingerprint density at radius 2 is 1.04 bits per heavy atom. The highest BCUT2D eigenvalue weighted by Crippen LogP contribution is 2.11. The number of hydrogen-bond acceptors (Lipinski definition) is 0. The van der Waals surface area contributed by atoms with Crippen molar-refractivity contribution in [3.05, 3.63) is 29.6 Å². The fourth-order valence-electron chi connectivity index (χ4n) is 3.37. The maximum atomic E-state index is 2.48. The maximum Gasteiger partial charge on any atom is 0.171 e. The van der Waals surface area contributed by atoms with Gasteiger partial charge in [-0.3, -0.25) is 0 Å². The summed E-state index contributed by atoms with van der Waals surface area (Å²) in [6.45, 7) is 8.07. The Hall–Kier alpha value is -0.850. The van der Waals surface area contributed by atoms with Crippen molar-refractivity contribution in [2.24, 2.45) is 0 Å². The smallest absolute Gasteiger partial charge is 0.171 e. The van der Waals surface area contributed by atoms with E-state index in [1.807, 2.05) is 0 Å². The number of pyridine rings is 1. The summed E-state index contributed by atoms with van der Waals surface area (Å²) in [5.74, 6) is 0. The van der Waals surface area contributed by atoms with Gasteiger partial charge in [-0.2, -0.15) is 0 Å². The van der Waals surface area contributed by atoms with Gasteiger partial charge in [0.2, 0.25) is 0 Å². The van der Waals surface area contributed by atoms with Crippen molar-refractivity contribution in [1.82, 2.24) is 0 Å². The zero-order chi connectivity index (χ0) is 17.5. The third kappa shape index (κ3) is 10.1. The number of nitrogens with zero attached hydrogens (tertiary/aromatic N) is 1. The second kappa shape index (κ2) is 14.5. The minimum Gasteiger partial charge on any atom is -0.205 e. The van der Waals surface area contributed by atoms with Crippen LogP contribution in [0.3, 0.4) is 0 Å². The Kier molecular flexibility index (Phi) is 12.8. The third-order valence-electron chi connectivity index (χ3n) is 4.94. The van der Waals surface area contributed by atoms with E-state index in [2.05, 4.69) is 43.8 Å². The molecule has 0 N–H and O–H groups in total. The molecule has 0 fully saturated rings. The molecule has 0 spiro atoms. The summed E-state index contributed by atoms with van der Waals surface area (Å²) in [6.07, 6.45) is 23.7. The Morgan fingerprint density at radius 1 is 0.583 bits per heavy atom. The van der Waals surface area contributed by atoms with Gasteiger partial charge in [-0.15, -0.1) is 0 Å². The van der Waals surface area contributed by atoms with E-state index < -0.39 is 0 Å². The first kappa shape index (κ1) is 21.2. The molecule has 1 heteroatoms. The normalized spacial score (nSPS) is 11.1. The average molecular weight is 333 g/mol. The summed E-state index contributed by atoms with van der Waals surface area (Å²) < 4.78 is 2.48. The summed E-state index contributed by atoms with van der Waals surface area (Å²) in [4.78, 5) is 0.